The van der Waals surface area contributed by atoms with Crippen molar-refractivity contribution in [2.75, 3.05) is 0 Å². The molecule has 0 bridgehead atoms. The number of allylic oxidation sites excluding steroid dienone is 2. The maximum atomic E-state index is 10.7. The first-order chi connectivity index (χ1) is 11.5. The van der Waals surface area contributed by atoms with Crippen LogP contribution in [-0.4, -0.2) is 25.8 Å². The molecule has 3 N–H and O–H groups in total. The minimum Gasteiger partial charge on any atom is -0.368 e. The van der Waals surface area contributed by atoms with Gasteiger partial charge in [-0.15, -0.1) is 0 Å². The standard InChI is InChI=1S/C19H18N4O/c1-12-11-20-6-3-14(12)17-9-13(10-19(2,24)23-17)15-4-7-21-18-16(15)5-8-22-18/h3-11,23-24H,1-2H3,(H,21,22). The smallest absolute Gasteiger partial charge is 0.152 e. The zero-order chi connectivity index (χ0) is 16.7. The number of fused-ring (bicyclic) bond motifs is 1. The molecule has 1 aliphatic heterocycles. The van der Waals surface area contributed by atoms with Gasteiger partial charge in [-0.2, -0.15) is 0 Å². The summed E-state index contributed by atoms with van der Waals surface area (Å²) in [5, 5.41) is 14.9. The van der Waals surface area contributed by atoms with Gasteiger partial charge in [-0.05, 0) is 60.9 Å². The van der Waals surface area contributed by atoms with Crippen LogP contribution in [0.2, 0.25) is 0 Å². The summed E-state index contributed by atoms with van der Waals surface area (Å²) in [4.78, 5) is 11.6. The number of pyridine rings is 2. The summed E-state index contributed by atoms with van der Waals surface area (Å²) in [6, 6.07) is 5.92. The summed E-state index contributed by atoms with van der Waals surface area (Å²) in [6.45, 7) is 3.75. The summed E-state index contributed by atoms with van der Waals surface area (Å²) in [5.74, 6) is 0. The predicted molar refractivity (Wildman–Crippen MR) is 94.8 cm³/mol. The quantitative estimate of drug-likeness (QED) is 0.679. The number of aliphatic hydroxyl groups is 1. The van der Waals surface area contributed by atoms with Gasteiger partial charge in [0.1, 0.15) is 5.65 Å². The van der Waals surface area contributed by atoms with E-state index in [1.54, 1.807) is 19.3 Å². The molecule has 3 aromatic rings. The van der Waals surface area contributed by atoms with Gasteiger partial charge in [-0.3, -0.25) is 4.98 Å². The summed E-state index contributed by atoms with van der Waals surface area (Å²) >= 11 is 0. The van der Waals surface area contributed by atoms with Crippen LogP contribution >= 0.6 is 0 Å². The molecule has 0 spiro atoms. The third-order valence-electron chi connectivity index (χ3n) is 4.21. The molecule has 0 saturated heterocycles. The Kier molecular flexibility index (Phi) is 3.25. The third kappa shape index (κ3) is 2.49. The van der Waals surface area contributed by atoms with E-state index in [0.29, 0.717) is 0 Å². The SMILES string of the molecule is Cc1cnccc1C1=CC(c2ccnc3[nH]ccc23)=CC(C)(O)N1. The van der Waals surface area contributed by atoms with Crippen molar-refractivity contribution in [3.8, 4) is 0 Å². The Hall–Kier alpha value is -2.92. The molecule has 0 aromatic carbocycles. The number of aromatic amines is 1. The van der Waals surface area contributed by atoms with Crippen LogP contribution in [0, 0.1) is 6.92 Å². The van der Waals surface area contributed by atoms with Gasteiger partial charge in [0.15, 0.2) is 5.72 Å². The van der Waals surface area contributed by atoms with Crippen molar-refractivity contribution >= 4 is 22.3 Å². The van der Waals surface area contributed by atoms with E-state index >= 15 is 0 Å². The number of hydrogen-bond acceptors (Lipinski definition) is 4. The average molecular weight is 318 g/mol. The zero-order valence-corrected chi connectivity index (χ0v) is 13.5. The second-order valence-corrected chi connectivity index (χ2v) is 6.22. The third-order valence-corrected chi connectivity index (χ3v) is 4.21. The molecule has 4 rings (SSSR count). The van der Waals surface area contributed by atoms with E-state index in [4.69, 9.17) is 0 Å². The van der Waals surface area contributed by atoms with Crippen molar-refractivity contribution in [3.63, 3.8) is 0 Å². The Labute approximate surface area is 139 Å². The minimum absolute atomic E-state index is 0.835. The summed E-state index contributed by atoms with van der Waals surface area (Å²) in [6.07, 6.45) is 11.1. The fourth-order valence-electron chi connectivity index (χ4n) is 3.13. The Balaban J connectivity index is 1.89. The van der Waals surface area contributed by atoms with Gasteiger partial charge >= 0.3 is 0 Å². The van der Waals surface area contributed by atoms with E-state index in [1.807, 2.05) is 43.6 Å². The highest BCUT2D eigenvalue weighted by atomic mass is 16.3. The summed E-state index contributed by atoms with van der Waals surface area (Å²) < 4.78 is 0. The second-order valence-electron chi connectivity index (χ2n) is 6.22. The van der Waals surface area contributed by atoms with Crippen molar-refractivity contribution in [2.24, 2.45) is 0 Å². The van der Waals surface area contributed by atoms with Gasteiger partial charge in [0.2, 0.25) is 0 Å². The van der Waals surface area contributed by atoms with Crippen LogP contribution in [0.3, 0.4) is 0 Å². The van der Waals surface area contributed by atoms with Crippen LogP contribution in [0.25, 0.3) is 22.3 Å². The van der Waals surface area contributed by atoms with Crippen LogP contribution < -0.4 is 5.32 Å². The molecule has 1 unspecified atom stereocenters. The molecule has 0 fully saturated rings. The molecule has 1 aliphatic rings. The number of nitrogens with zero attached hydrogens (tertiary/aromatic N) is 2. The molecule has 5 nitrogen and oxygen atoms in total. The van der Waals surface area contributed by atoms with Gasteiger partial charge in [0, 0.05) is 41.4 Å². The van der Waals surface area contributed by atoms with Crippen LogP contribution in [0.15, 0.2) is 55.1 Å². The largest absolute Gasteiger partial charge is 0.368 e. The van der Waals surface area contributed by atoms with Crippen molar-refractivity contribution in [3.05, 3.63) is 71.8 Å². The Morgan fingerprint density at radius 3 is 2.79 bits per heavy atom. The van der Waals surface area contributed by atoms with Crippen LogP contribution in [0.5, 0.6) is 0 Å². The highest BCUT2D eigenvalue weighted by Gasteiger charge is 2.25. The monoisotopic (exact) mass is 318 g/mol. The second kappa shape index (κ2) is 5.32. The van der Waals surface area contributed by atoms with Gasteiger partial charge in [0.25, 0.3) is 0 Å². The number of rotatable bonds is 2. The Morgan fingerprint density at radius 1 is 1.12 bits per heavy atom. The molecule has 3 aromatic heterocycles. The lowest BCUT2D eigenvalue weighted by Gasteiger charge is -2.30. The molecule has 0 saturated carbocycles. The maximum Gasteiger partial charge on any atom is 0.152 e. The van der Waals surface area contributed by atoms with Gasteiger partial charge in [0.05, 0.1) is 0 Å². The first-order valence-corrected chi connectivity index (χ1v) is 7.82. The lowest BCUT2D eigenvalue weighted by molar-refractivity contribution is 0.0925. The normalized spacial score (nSPS) is 20.5. The first kappa shape index (κ1) is 14.7. The fraction of sp³-hybridized carbons (Fsp3) is 0.158. The molecular formula is C19H18N4O. The summed E-state index contributed by atoms with van der Waals surface area (Å²) in [7, 11) is 0. The molecule has 1 atom stereocenters. The van der Waals surface area contributed by atoms with E-state index < -0.39 is 5.72 Å². The summed E-state index contributed by atoms with van der Waals surface area (Å²) in [5.41, 5.74) is 4.63. The van der Waals surface area contributed by atoms with E-state index in [2.05, 4.69) is 26.3 Å². The van der Waals surface area contributed by atoms with Gasteiger partial charge in [-0.25, -0.2) is 4.98 Å². The minimum atomic E-state index is -1.14. The van der Waals surface area contributed by atoms with E-state index in [-0.39, 0.29) is 0 Å². The van der Waals surface area contributed by atoms with Crippen LogP contribution in [0.1, 0.15) is 23.6 Å². The lowest BCUT2D eigenvalue weighted by atomic mass is 9.94. The topological polar surface area (TPSA) is 73.8 Å². The van der Waals surface area contributed by atoms with Crippen molar-refractivity contribution in [1.82, 2.24) is 20.3 Å². The Morgan fingerprint density at radius 2 is 1.96 bits per heavy atom. The van der Waals surface area contributed by atoms with Crippen molar-refractivity contribution in [2.45, 2.75) is 19.6 Å². The van der Waals surface area contributed by atoms with E-state index in [0.717, 1.165) is 39.0 Å². The molecule has 4 heterocycles. The molecule has 120 valence electrons. The van der Waals surface area contributed by atoms with Crippen molar-refractivity contribution < 1.29 is 5.11 Å². The van der Waals surface area contributed by atoms with Gasteiger partial charge < -0.3 is 15.4 Å². The van der Waals surface area contributed by atoms with Crippen LogP contribution in [0.4, 0.5) is 0 Å². The highest BCUT2D eigenvalue weighted by molar-refractivity contribution is 5.96. The molecule has 0 aliphatic carbocycles. The van der Waals surface area contributed by atoms with Crippen LogP contribution in [-0.2, 0) is 0 Å². The molecule has 0 radical (unpaired) electrons. The van der Waals surface area contributed by atoms with Crippen molar-refractivity contribution in [1.29, 1.82) is 0 Å². The maximum absolute atomic E-state index is 10.7. The highest BCUT2D eigenvalue weighted by Crippen LogP contribution is 2.32. The number of aryl methyl sites for hydroxylation is 1. The molecule has 5 heteroatoms. The average Bonchev–Trinajstić information content (AvgIpc) is 3.02. The number of aromatic nitrogens is 3. The lowest BCUT2D eigenvalue weighted by Crippen LogP contribution is -2.41. The molecule has 0 amide bonds. The molecule has 24 heavy (non-hydrogen) atoms. The zero-order valence-electron chi connectivity index (χ0n) is 13.5. The van der Waals surface area contributed by atoms with E-state index in [1.165, 1.54) is 0 Å². The fourth-order valence-corrected chi connectivity index (χ4v) is 3.13. The number of nitrogens with one attached hydrogen (secondary N) is 2. The number of H-pyrrole nitrogens is 1. The predicted octanol–water partition coefficient (Wildman–Crippen LogP) is 3.00. The van der Waals surface area contributed by atoms with E-state index in [9.17, 15) is 5.11 Å². The van der Waals surface area contributed by atoms with Gasteiger partial charge in [-0.1, -0.05) is 0 Å². The molecular weight excluding hydrogens is 300 g/mol. The number of hydrogen-bond donors (Lipinski definition) is 3. The Bertz CT molecular complexity index is 982. The first-order valence-electron chi connectivity index (χ1n) is 7.82. The number of dihydropyridines is 1.